The van der Waals surface area contributed by atoms with Crippen LogP contribution in [0, 0.1) is 0 Å². The third-order valence-electron chi connectivity index (χ3n) is 2.89. The van der Waals surface area contributed by atoms with E-state index in [-0.39, 0.29) is 17.6 Å². The molecule has 1 aromatic carbocycles. The summed E-state index contributed by atoms with van der Waals surface area (Å²) in [5.74, 6) is 0. The lowest BCUT2D eigenvalue weighted by Gasteiger charge is -2.40. The van der Waals surface area contributed by atoms with Gasteiger partial charge in [0.1, 0.15) is 6.10 Å². The maximum absolute atomic E-state index is 6.08. The third-order valence-corrected chi connectivity index (χ3v) is 3.81. The van der Waals surface area contributed by atoms with Gasteiger partial charge in [-0.1, -0.05) is 28.1 Å². The molecule has 0 amide bonds. The van der Waals surface area contributed by atoms with Crippen LogP contribution in [-0.4, -0.2) is 24.2 Å². The molecule has 1 aliphatic carbocycles. The highest BCUT2D eigenvalue weighted by atomic mass is 79.9. The van der Waals surface area contributed by atoms with E-state index in [0.29, 0.717) is 13.2 Å². The molecule has 0 bridgehead atoms. The highest BCUT2D eigenvalue weighted by molar-refractivity contribution is 9.10. The van der Waals surface area contributed by atoms with Crippen molar-refractivity contribution in [2.75, 3.05) is 6.61 Å². The van der Waals surface area contributed by atoms with Crippen molar-refractivity contribution in [3.05, 3.63) is 34.3 Å². The Bertz CT molecular complexity index is 372. The normalized spacial score (nSPS) is 27.8. The molecule has 0 aromatic heterocycles. The van der Waals surface area contributed by atoms with Crippen molar-refractivity contribution in [2.45, 2.75) is 37.5 Å². The molecule has 0 N–H and O–H groups in total. The lowest BCUT2D eigenvalue weighted by molar-refractivity contribution is -0.127. The molecule has 0 spiro atoms. The summed E-state index contributed by atoms with van der Waals surface area (Å²) in [7, 11) is 0. The van der Waals surface area contributed by atoms with Gasteiger partial charge in [-0.2, -0.15) is 0 Å². The quantitative estimate of drug-likeness (QED) is 0.770. The maximum Gasteiger partial charge on any atom is 0.100 e. The predicted molar refractivity (Wildman–Crippen MR) is 72.4 cm³/mol. The minimum atomic E-state index is 0.0498. The Morgan fingerprint density at radius 2 is 2.24 bits per heavy atom. The predicted octanol–water partition coefficient (Wildman–Crippen LogP) is 3.75. The molecule has 1 aromatic rings. The zero-order chi connectivity index (χ0) is 12.3. The largest absolute Gasteiger partial charge is 0.374 e. The number of rotatable bonds is 5. The average molecular weight is 320 g/mol. The minimum Gasteiger partial charge on any atom is -0.374 e. The van der Waals surface area contributed by atoms with Gasteiger partial charge in [0.25, 0.3) is 0 Å². The first kappa shape index (κ1) is 13.3. The van der Waals surface area contributed by atoms with Crippen molar-refractivity contribution in [1.82, 2.24) is 0 Å². The summed E-state index contributed by atoms with van der Waals surface area (Å²) in [5, 5.41) is 0.0995. The Morgan fingerprint density at radius 1 is 1.41 bits per heavy atom. The number of alkyl halides is 1. The van der Waals surface area contributed by atoms with Crippen molar-refractivity contribution >= 4 is 27.5 Å². The first-order valence-corrected chi connectivity index (χ1v) is 7.05. The van der Waals surface area contributed by atoms with Crippen LogP contribution in [0.1, 0.15) is 18.9 Å². The van der Waals surface area contributed by atoms with E-state index in [9.17, 15) is 0 Å². The molecule has 94 valence electrons. The van der Waals surface area contributed by atoms with Crippen LogP contribution >= 0.6 is 27.5 Å². The van der Waals surface area contributed by atoms with Crippen molar-refractivity contribution in [2.24, 2.45) is 0 Å². The first-order valence-electron chi connectivity index (χ1n) is 5.82. The van der Waals surface area contributed by atoms with Crippen LogP contribution in [-0.2, 0) is 16.1 Å². The van der Waals surface area contributed by atoms with E-state index in [1.54, 1.807) is 0 Å². The van der Waals surface area contributed by atoms with Gasteiger partial charge in [-0.15, -0.1) is 11.6 Å². The number of benzene rings is 1. The second kappa shape index (κ2) is 6.19. The van der Waals surface area contributed by atoms with Crippen molar-refractivity contribution < 1.29 is 9.47 Å². The fourth-order valence-corrected chi connectivity index (χ4v) is 2.78. The molecule has 2 rings (SSSR count). The van der Waals surface area contributed by atoms with Crippen LogP contribution in [0.5, 0.6) is 0 Å². The number of hydrogen-bond donors (Lipinski definition) is 0. The molecule has 1 saturated carbocycles. The molecule has 2 nitrogen and oxygen atoms in total. The molecule has 4 heteroatoms. The van der Waals surface area contributed by atoms with Crippen LogP contribution in [0.2, 0.25) is 0 Å². The summed E-state index contributed by atoms with van der Waals surface area (Å²) >= 11 is 9.53. The lowest BCUT2D eigenvalue weighted by Crippen LogP contribution is -2.50. The van der Waals surface area contributed by atoms with E-state index >= 15 is 0 Å². The van der Waals surface area contributed by atoms with Crippen LogP contribution in [0.15, 0.2) is 28.7 Å². The minimum absolute atomic E-state index is 0.0498. The van der Waals surface area contributed by atoms with Gasteiger partial charge >= 0.3 is 0 Å². The second-order valence-electron chi connectivity index (χ2n) is 4.15. The Morgan fingerprint density at radius 3 is 2.88 bits per heavy atom. The number of ether oxygens (including phenoxy) is 2. The zero-order valence-electron chi connectivity index (χ0n) is 9.74. The summed E-state index contributed by atoms with van der Waals surface area (Å²) in [6.07, 6.45) is 1.06. The molecule has 0 radical (unpaired) electrons. The SMILES string of the molecule is CCOC1C(Cl)CC1OCc1cccc(Br)c1. The van der Waals surface area contributed by atoms with Crippen LogP contribution < -0.4 is 0 Å². The summed E-state index contributed by atoms with van der Waals surface area (Å²) < 4.78 is 12.4. The highest BCUT2D eigenvalue weighted by Crippen LogP contribution is 2.32. The fraction of sp³-hybridized carbons (Fsp3) is 0.538. The van der Waals surface area contributed by atoms with Gasteiger partial charge in [0.15, 0.2) is 0 Å². The zero-order valence-corrected chi connectivity index (χ0v) is 12.1. The summed E-state index contributed by atoms with van der Waals surface area (Å²) in [4.78, 5) is 0. The van der Waals surface area contributed by atoms with E-state index < -0.39 is 0 Å². The molecule has 1 aliphatic rings. The van der Waals surface area contributed by atoms with Gasteiger partial charge in [0, 0.05) is 11.1 Å². The second-order valence-corrected chi connectivity index (χ2v) is 5.63. The van der Waals surface area contributed by atoms with Gasteiger partial charge < -0.3 is 9.47 Å². The molecule has 0 heterocycles. The monoisotopic (exact) mass is 318 g/mol. The van der Waals surface area contributed by atoms with Gasteiger partial charge in [-0.25, -0.2) is 0 Å². The molecular formula is C13H16BrClO2. The van der Waals surface area contributed by atoms with Crippen molar-refractivity contribution in [1.29, 1.82) is 0 Å². The van der Waals surface area contributed by atoms with E-state index in [1.165, 1.54) is 0 Å². The number of halogens is 2. The van der Waals surface area contributed by atoms with Gasteiger partial charge in [-0.05, 0) is 31.0 Å². The Hall–Kier alpha value is -0.0900. The molecule has 3 unspecified atom stereocenters. The number of hydrogen-bond acceptors (Lipinski definition) is 2. The Labute approximate surface area is 115 Å². The highest BCUT2D eigenvalue weighted by Gasteiger charge is 2.41. The molecule has 1 fully saturated rings. The first-order chi connectivity index (χ1) is 8.20. The van der Waals surface area contributed by atoms with Gasteiger partial charge in [-0.3, -0.25) is 0 Å². The fourth-order valence-electron chi connectivity index (χ4n) is 1.92. The van der Waals surface area contributed by atoms with Crippen LogP contribution in [0.4, 0.5) is 0 Å². The third kappa shape index (κ3) is 3.44. The standard InChI is InChI=1S/C13H16BrClO2/c1-2-16-13-11(15)7-12(13)17-8-9-4-3-5-10(14)6-9/h3-6,11-13H,2,7-8H2,1H3. The Kier molecular flexibility index (Phi) is 4.86. The molecule has 0 aliphatic heterocycles. The van der Waals surface area contributed by atoms with Gasteiger partial charge in [0.2, 0.25) is 0 Å². The van der Waals surface area contributed by atoms with E-state index in [2.05, 4.69) is 28.1 Å². The van der Waals surface area contributed by atoms with E-state index in [1.807, 2.05) is 19.1 Å². The summed E-state index contributed by atoms with van der Waals surface area (Å²) in [5.41, 5.74) is 1.16. The topological polar surface area (TPSA) is 18.5 Å². The molecular weight excluding hydrogens is 303 g/mol. The molecule has 3 atom stereocenters. The summed E-state index contributed by atoms with van der Waals surface area (Å²) in [6, 6.07) is 8.13. The van der Waals surface area contributed by atoms with E-state index in [4.69, 9.17) is 21.1 Å². The van der Waals surface area contributed by atoms with E-state index in [0.717, 1.165) is 16.5 Å². The molecule has 0 saturated heterocycles. The smallest absolute Gasteiger partial charge is 0.100 e. The van der Waals surface area contributed by atoms with Gasteiger partial charge in [0.05, 0.1) is 18.1 Å². The van der Waals surface area contributed by atoms with Crippen molar-refractivity contribution in [3.63, 3.8) is 0 Å². The molecule has 17 heavy (non-hydrogen) atoms. The lowest BCUT2D eigenvalue weighted by atomic mass is 9.91. The van der Waals surface area contributed by atoms with Crippen LogP contribution in [0.3, 0.4) is 0 Å². The van der Waals surface area contributed by atoms with Crippen LogP contribution in [0.25, 0.3) is 0 Å². The van der Waals surface area contributed by atoms with Crippen molar-refractivity contribution in [3.8, 4) is 0 Å². The Balaban J connectivity index is 1.82. The maximum atomic E-state index is 6.08. The summed E-state index contributed by atoms with van der Waals surface area (Å²) in [6.45, 7) is 3.27. The average Bonchev–Trinajstić information content (AvgIpc) is 2.31.